The van der Waals surface area contributed by atoms with Gasteiger partial charge < -0.3 is 9.47 Å². The van der Waals surface area contributed by atoms with E-state index in [2.05, 4.69) is 0 Å². The van der Waals surface area contributed by atoms with Crippen molar-refractivity contribution < 1.29 is 14.3 Å². The number of benzene rings is 1. The molecule has 1 aromatic carbocycles. The molecule has 1 amide bonds. The number of carbonyl (C=O) groups is 1. The topological polar surface area (TPSA) is 62.6 Å². The molecule has 1 aromatic rings. The molecule has 0 spiro atoms. The van der Waals surface area contributed by atoms with Crippen LogP contribution in [0.3, 0.4) is 0 Å². The van der Waals surface area contributed by atoms with E-state index in [9.17, 15) is 4.79 Å². The molecule has 0 atom stereocenters. The Balaban J connectivity index is 2.56. The predicted molar refractivity (Wildman–Crippen MR) is 66.2 cm³/mol. The lowest BCUT2D eigenvalue weighted by Gasteiger charge is -2.13. The molecule has 5 nitrogen and oxygen atoms in total. The second kappa shape index (κ2) is 6.50. The minimum Gasteiger partial charge on any atom is -0.496 e. The maximum absolute atomic E-state index is 11.4. The summed E-state index contributed by atoms with van der Waals surface area (Å²) in [5, 5.41) is 8.45. The molecular formula is C13H16N2O3. The van der Waals surface area contributed by atoms with Gasteiger partial charge in [-0.05, 0) is 30.2 Å². The first kappa shape index (κ1) is 13.8. The molecule has 0 heterocycles. The highest BCUT2D eigenvalue weighted by molar-refractivity contribution is 5.67. The fourth-order valence-electron chi connectivity index (χ4n) is 1.46. The third-order valence-electron chi connectivity index (χ3n) is 2.44. The zero-order valence-electron chi connectivity index (χ0n) is 10.8. The van der Waals surface area contributed by atoms with Gasteiger partial charge in [-0.1, -0.05) is 6.07 Å². The lowest BCUT2D eigenvalue weighted by Crippen LogP contribution is -2.27. The zero-order valence-corrected chi connectivity index (χ0v) is 10.8. The Morgan fingerprint density at radius 3 is 2.78 bits per heavy atom. The van der Waals surface area contributed by atoms with Gasteiger partial charge in [0.25, 0.3) is 0 Å². The van der Waals surface area contributed by atoms with Crippen LogP contribution in [0.15, 0.2) is 18.2 Å². The summed E-state index contributed by atoms with van der Waals surface area (Å²) in [5.74, 6) is 0.798. The quantitative estimate of drug-likeness (QED) is 0.765. The summed E-state index contributed by atoms with van der Waals surface area (Å²) >= 11 is 0. The summed E-state index contributed by atoms with van der Waals surface area (Å²) in [5.41, 5.74) is 1.86. The van der Waals surface area contributed by atoms with Crippen LogP contribution in [0, 0.1) is 18.3 Å². The summed E-state index contributed by atoms with van der Waals surface area (Å²) in [7, 11) is 3.13. The minimum absolute atomic E-state index is 0.0144. The summed E-state index contributed by atoms with van der Waals surface area (Å²) in [6.07, 6.45) is -0.509. The van der Waals surface area contributed by atoms with E-state index in [1.165, 1.54) is 11.9 Å². The molecule has 0 aliphatic rings. The van der Waals surface area contributed by atoms with Crippen LogP contribution in [0.1, 0.15) is 11.1 Å². The van der Waals surface area contributed by atoms with Crippen molar-refractivity contribution in [1.82, 2.24) is 4.90 Å². The molecule has 0 aliphatic carbocycles. The number of nitriles is 1. The van der Waals surface area contributed by atoms with E-state index in [-0.39, 0.29) is 13.2 Å². The summed E-state index contributed by atoms with van der Waals surface area (Å²) in [4.78, 5) is 12.7. The molecule has 0 saturated carbocycles. The summed E-state index contributed by atoms with van der Waals surface area (Å²) in [6.45, 7) is 2.12. The molecule has 5 heteroatoms. The third kappa shape index (κ3) is 3.67. The SMILES string of the molecule is COc1ccc(COC(=O)N(C)CC#N)cc1C. The van der Waals surface area contributed by atoms with E-state index in [4.69, 9.17) is 14.7 Å². The largest absolute Gasteiger partial charge is 0.496 e. The number of nitrogens with zero attached hydrogens (tertiary/aromatic N) is 2. The van der Waals surface area contributed by atoms with E-state index in [0.29, 0.717) is 0 Å². The highest BCUT2D eigenvalue weighted by Gasteiger charge is 2.09. The Kier molecular flexibility index (Phi) is 5.00. The van der Waals surface area contributed by atoms with Gasteiger partial charge in [0.1, 0.15) is 18.9 Å². The molecule has 18 heavy (non-hydrogen) atoms. The molecule has 0 fully saturated rings. The maximum atomic E-state index is 11.4. The van der Waals surface area contributed by atoms with Crippen molar-refractivity contribution in [2.45, 2.75) is 13.5 Å². The van der Waals surface area contributed by atoms with Crippen LogP contribution in [-0.2, 0) is 11.3 Å². The highest BCUT2D eigenvalue weighted by atomic mass is 16.6. The van der Waals surface area contributed by atoms with Crippen molar-refractivity contribution in [2.24, 2.45) is 0 Å². The molecular weight excluding hydrogens is 232 g/mol. The smallest absolute Gasteiger partial charge is 0.410 e. The molecule has 0 aromatic heterocycles. The van der Waals surface area contributed by atoms with Crippen LogP contribution in [0.5, 0.6) is 5.75 Å². The lowest BCUT2D eigenvalue weighted by atomic mass is 10.1. The molecule has 1 rings (SSSR count). The van der Waals surface area contributed by atoms with Crippen LogP contribution >= 0.6 is 0 Å². The number of hydrogen-bond donors (Lipinski definition) is 0. The van der Waals surface area contributed by atoms with Gasteiger partial charge in [-0.15, -0.1) is 0 Å². The normalized spacial score (nSPS) is 9.44. The Morgan fingerprint density at radius 2 is 2.22 bits per heavy atom. The second-order valence-corrected chi connectivity index (χ2v) is 3.87. The van der Waals surface area contributed by atoms with Gasteiger partial charge in [0.15, 0.2) is 0 Å². The van der Waals surface area contributed by atoms with Crippen LogP contribution in [-0.4, -0.2) is 31.7 Å². The fourth-order valence-corrected chi connectivity index (χ4v) is 1.46. The van der Waals surface area contributed by atoms with Gasteiger partial charge in [0.2, 0.25) is 0 Å². The predicted octanol–water partition coefficient (Wildman–Crippen LogP) is 2.10. The van der Waals surface area contributed by atoms with Crippen LogP contribution < -0.4 is 4.74 Å². The molecule has 0 aliphatic heterocycles. The highest BCUT2D eigenvalue weighted by Crippen LogP contribution is 2.18. The molecule has 0 bridgehead atoms. The number of amides is 1. The van der Waals surface area contributed by atoms with Crippen molar-refractivity contribution in [3.63, 3.8) is 0 Å². The Labute approximate surface area is 107 Å². The van der Waals surface area contributed by atoms with Gasteiger partial charge in [-0.25, -0.2) is 4.79 Å². The molecule has 0 unspecified atom stereocenters. The maximum Gasteiger partial charge on any atom is 0.410 e. The Morgan fingerprint density at radius 1 is 1.50 bits per heavy atom. The monoisotopic (exact) mass is 248 g/mol. The van der Waals surface area contributed by atoms with Gasteiger partial charge in [-0.2, -0.15) is 5.26 Å². The van der Waals surface area contributed by atoms with Gasteiger partial charge in [0, 0.05) is 7.05 Å². The first-order valence-corrected chi connectivity index (χ1v) is 5.47. The van der Waals surface area contributed by atoms with Crippen molar-refractivity contribution in [3.05, 3.63) is 29.3 Å². The molecule has 96 valence electrons. The first-order chi connectivity index (χ1) is 8.58. The van der Waals surface area contributed by atoms with Crippen LogP contribution in [0.4, 0.5) is 4.79 Å². The third-order valence-corrected chi connectivity index (χ3v) is 2.44. The molecule has 0 saturated heterocycles. The number of carbonyl (C=O) groups excluding carboxylic acids is 1. The number of aryl methyl sites for hydroxylation is 1. The number of methoxy groups -OCH3 is 1. The van der Waals surface area contributed by atoms with Crippen LogP contribution in [0.2, 0.25) is 0 Å². The number of hydrogen-bond acceptors (Lipinski definition) is 4. The average Bonchev–Trinajstić information content (AvgIpc) is 2.36. The van der Waals surface area contributed by atoms with Gasteiger partial charge >= 0.3 is 6.09 Å². The van der Waals surface area contributed by atoms with Crippen LogP contribution in [0.25, 0.3) is 0 Å². The summed E-state index contributed by atoms with van der Waals surface area (Å²) < 4.78 is 10.2. The number of rotatable bonds is 4. The zero-order chi connectivity index (χ0) is 13.5. The van der Waals surface area contributed by atoms with E-state index < -0.39 is 6.09 Å². The van der Waals surface area contributed by atoms with Crippen molar-refractivity contribution in [3.8, 4) is 11.8 Å². The first-order valence-electron chi connectivity index (χ1n) is 5.47. The molecule has 0 N–H and O–H groups in total. The second-order valence-electron chi connectivity index (χ2n) is 3.87. The summed E-state index contributed by atoms with van der Waals surface area (Å²) in [6, 6.07) is 7.45. The Hall–Kier alpha value is -2.22. The average molecular weight is 248 g/mol. The lowest BCUT2D eigenvalue weighted by molar-refractivity contribution is 0.108. The van der Waals surface area contributed by atoms with E-state index in [0.717, 1.165) is 16.9 Å². The van der Waals surface area contributed by atoms with E-state index >= 15 is 0 Å². The van der Waals surface area contributed by atoms with Gasteiger partial charge in [0.05, 0.1) is 13.2 Å². The fraction of sp³-hybridized carbons (Fsp3) is 0.385. The Bertz CT molecular complexity index is 466. The van der Waals surface area contributed by atoms with Crippen molar-refractivity contribution in [1.29, 1.82) is 5.26 Å². The van der Waals surface area contributed by atoms with Gasteiger partial charge in [-0.3, -0.25) is 4.90 Å². The minimum atomic E-state index is -0.509. The molecule has 0 radical (unpaired) electrons. The number of ether oxygens (including phenoxy) is 2. The van der Waals surface area contributed by atoms with Crippen molar-refractivity contribution in [2.75, 3.05) is 20.7 Å². The van der Waals surface area contributed by atoms with Crippen molar-refractivity contribution >= 4 is 6.09 Å². The standard InChI is InChI=1S/C13H16N2O3/c1-10-8-11(4-5-12(10)17-3)9-18-13(16)15(2)7-6-14/h4-5,8H,7,9H2,1-3H3. The van der Waals surface area contributed by atoms with E-state index in [1.54, 1.807) is 7.11 Å². The van der Waals surface area contributed by atoms with E-state index in [1.807, 2.05) is 31.2 Å².